The molecule has 0 amide bonds. The average molecular weight is 844 g/mol. The van der Waals surface area contributed by atoms with E-state index in [2.05, 4.69) is 233 Å². The number of rotatable bonds is 4. The minimum absolute atomic E-state index is 0.00198. The van der Waals surface area contributed by atoms with Gasteiger partial charge in [0.1, 0.15) is 0 Å². The van der Waals surface area contributed by atoms with Crippen molar-refractivity contribution >= 4 is 68.6 Å². The van der Waals surface area contributed by atoms with E-state index in [-0.39, 0.29) is 39.3 Å². The van der Waals surface area contributed by atoms with Gasteiger partial charge in [-0.25, -0.2) is 0 Å². The molecule has 2 unspecified atom stereocenters. The molecule has 0 radical (unpaired) electrons. The molecule has 328 valence electrons. The maximum atomic E-state index is 2.87. The molecule has 4 heteroatoms. The molecule has 6 aromatic rings. The van der Waals surface area contributed by atoms with Crippen LogP contribution in [0.15, 0.2) is 121 Å². The highest BCUT2D eigenvalue weighted by Gasteiger charge is 2.61. The van der Waals surface area contributed by atoms with Gasteiger partial charge in [0, 0.05) is 45.2 Å². The fourth-order valence-electron chi connectivity index (χ4n) is 11.9. The zero-order valence-electron chi connectivity index (χ0n) is 41.3. The zero-order valence-corrected chi connectivity index (χ0v) is 41.3. The van der Waals surface area contributed by atoms with Crippen molar-refractivity contribution in [3.8, 4) is 0 Å². The lowest BCUT2D eigenvalue weighted by Gasteiger charge is -2.53. The second kappa shape index (κ2) is 14.1. The summed E-state index contributed by atoms with van der Waals surface area (Å²) in [6.45, 7) is 33.1. The molecule has 6 aromatic carbocycles. The Balaban J connectivity index is 1.31. The van der Waals surface area contributed by atoms with Crippen LogP contribution in [0.4, 0.5) is 45.5 Å². The first-order valence-electron chi connectivity index (χ1n) is 24.2. The Bertz CT molecular complexity index is 2730. The maximum Gasteiger partial charge on any atom is 0.252 e. The zero-order chi connectivity index (χ0) is 45.5. The smallest absolute Gasteiger partial charge is 0.252 e. The predicted molar refractivity (Wildman–Crippen MR) is 278 cm³/mol. The van der Waals surface area contributed by atoms with E-state index in [4.69, 9.17) is 0 Å². The van der Waals surface area contributed by atoms with Gasteiger partial charge in [-0.1, -0.05) is 170 Å². The molecule has 64 heavy (non-hydrogen) atoms. The molecule has 1 fully saturated rings. The second-order valence-electron chi connectivity index (χ2n) is 24.3. The van der Waals surface area contributed by atoms with E-state index >= 15 is 0 Å². The Labute approximate surface area is 386 Å². The molecule has 3 aliphatic heterocycles. The van der Waals surface area contributed by atoms with Gasteiger partial charge in [0.2, 0.25) is 0 Å². The molecular weight excluding hydrogens is 773 g/mol. The normalized spacial score (nSPS) is 20.1. The predicted octanol–water partition coefficient (Wildman–Crippen LogP) is 14.7. The van der Waals surface area contributed by atoms with Crippen molar-refractivity contribution in [1.29, 1.82) is 0 Å². The second-order valence-corrected chi connectivity index (χ2v) is 24.3. The van der Waals surface area contributed by atoms with Crippen LogP contribution >= 0.6 is 0 Å². The molecule has 0 bridgehead atoms. The molecule has 3 heterocycles. The first kappa shape index (κ1) is 42.7. The molecule has 0 N–H and O–H groups in total. The minimum atomic E-state index is -0.0820. The topological polar surface area (TPSA) is 9.72 Å². The minimum Gasteiger partial charge on any atom is -0.335 e. The first-order valence-corrected chi connectivity index (χ1v) is 24.2. The summed E-state index contributed by atoms with van der Waals surface area (Å²) in [7, 11) is 0. The van der Waals surface area contributed by atoms with E-state index in [1.54, 1.807) is 0 Å². The van der Waals surface area contributed by atoms with E-state index in [0.717, 1.165) is 6.42 Å². The maximum absolute atomic E-state index is 2.87. The molecule has 10 rings (SSSR count). The molecule has 1 aliphatic carbocycles. The van der Waals surface area contributed by atoms with Crippen molar-refractivity contribution < 1.29 is 0 Å². The molecule has 2 atom stereocenters. The number of hydrogen-bond donors (Lipinski definition) is 0. The van der Waals surface area contributed by atoms with Crippen molar-refractivity contribution in [1.82, 2.24) is 0 Å². The summed E-state index contributed by atoms with van der Waals surface area (Å²) in [5.41, 5.74) is 21.4. The summed E-state index contributed by atoms with van der Waals surface area (Å²) in [4.78, 5) is 8.02. The molecule has 1 saturated carbocycles. The van der Waals surface area contributed by atoms with Crippen LogP contribution in [0.5, 0.6) is 0 Å². The number of para-hydroxylation sites is 1. The summed E-state index contributed by atoms with van der Waals surface area (Å²) < 4.78 is 0. The third-order valence-corrected chi connectivity index (χ3v) is 16.0. The average Bonchev–Trinajstić information content (AvgIpc) is 3.45. The third kappa shape index (κ3) is 6.43. The SMILES string of the molecule is CC(C)(C)c1ccc(N(c2ccc(C(C)(C)C)cc2)c2cc3c4c(c2)N2c5c(cccc5C5(C)CCCCC25C)B4c2cc(C(C)(C)C)ccc2N3c2ccc(C(C)(C)C)cc2)cc1. The molecule has 4 aliphatic rings. The molecule has 0 aromatic heterocycles. The lowest BCUT2D eigenvalue weighted by molar-refractivity contribution is 0.195. The standard InChI is InChI=1S/C60H70BN3/c1-55(2,3)39-20-27-43(28-21-39)62(44-29-22-40(23-30-44)56(4,5)6)46-37-51-53-52(38-46)64-54-47(59(13)34-15-16-35-60(59,64)14)18-17-19-48(54)61(53)49-36-42(58(10,11)12)26-33-50(49)63(51)45-31-24-41(25-32-45)57(7,8)9/h17-33,36-38H,15-16,34-35H2,1-14H3. The van der Waals surface area contributed by atoms with Crippen molar-refractivity contribution in [2.75, 3.05) is 14.7 Å². The van der Waals surface area contributed by atoms with Gasteiger partial charge in [-0.15, -0.1) is 0 Å². The Morgan fingerprint density at radius 3 is 1.53 bits per heavy atom. The highest BCUT2D eigenvalue weighted by Crippen LogP contribution is 2.62. The lowest BCUT2D eigenvalue weighted by Crippen LogP contribution is -2.64. The summed E-state index contributed by atoms with van der Waals surface area (Å²) in [5.74, 6) is 0. The van der Waals surface area contributed by atoms with Crippen molar-refractivity contribution in [3.63, 3.8) is 0 Å². The van der Waals surface area contributed by atoms with E-state index in [0.29, 0.717) is 0 Å². The van der Waals surface area contributed by atoms with Crippen LogP contribution in [0, 0.1) is 0 Å². The Kier molecular flexibility index (Phi) is 9.44. The fourth-order valence-corrected chi connectivity index (χ4v) is 11.9. The quantitative estimate of drug-likeness (QED) is 0.163. The number of benzene rings is 6. The van der Waals surface area contributed by atoms with Gasteiger partial charge in [0.15, 0.2) is 0 Å². The monoisotopic (exact) mass is 844 g/mol. The number of nitrogens with zero attached hydrogens (tertiary/aromatic N) is 3. The van der Waals surface area contributed by atoms with E-state index < -0.39 is 0 Å². The van der Waals surface area contributed by atoms with Crippen molar-refractivity contribution in [3.05, 3.63) is 149 Å². The lowest BCUT2D eigenvalue weighted by atomic mass is 9.33. The van der Waals surface area contributed by atoms with Crippen LogP contribution < -0.4 is 31.1 Å². The number of hydrogen-bond acceptors (Lipinski definition) is 3. The third-order valence-electron chi connectivity index (χ3n) is 16.0. The Morgan fingerprint density at radius 1 is 0.484 bits per heavy atom. The fraction of sp³-hybridized carbons (Fsp3) is 0.400. The van der Waals surface area contributed by atoms with Gasteiger partial charge in [-0.3, -0.25) is 0 Å². The van der Waals surface area contributed by atoms with E-state index in [9.17, 15) is 0 Å². The number of fused-ring (bicyclic) bond motifs is 7. The Morgan fingerprint density at radius 2 is 0.984 bits per heavy atom. The van der Waals surface area contributed by atoms with Crippen LogP contribution in [-0.4, -0.2) is 12.3 Å². The van der Waals surface area contributed by atoms with Crippen molar-refractivity contribution in [2.24, 2.45) is 0 Å². The van der Waals surface area contributed by atoms with Crippen LogP contribution in [0.3, 0.4) is 0 Å². The van der Waals surface area contributed by atoms with Gasteiger partial charge in [0.05, 0.1) is 11.2 Å². The molecule has 3 nitrogen and oxygen atoms in total. The van der Waals surface area contributed by atoms with Gasteiger partial charge in [0.25, 0.3) is 6.71 Å². The van der Waals surface area contributed by atoms with Crippen molar-refractivity contribution in [2.45, 2.75) is 155 Å². The first-order chi connectivity index (χ1) is 30.0. The van der Waals surface area contributed by atoms with Gasteiger partial charge < -0.3 is 14.7 Å². The highest BCUT2D eigenvalue weighted by molar-refractivity contribution is 7.00. The van der Waals surface area contributed by atoms with Gasteiger partial charge in [-0.2, -0.15) is 0 Å². The molecule has 0 saturated heterocycles. The molecular formula is C60H70BN3. The van der Waals surface area contributed by atoms with Crippen LogP contribution in [0.25, 0.3) is 0 Å². The summed E-state index contributed by atoms with van der Waals surface area (Å²) in [5, 5.41) is 0. The van der Waals surface area contributed by atoms with E-state index in [1.165, 1.54) is 109 Å². The number of anilines is 8. The largest absolute Gasteiger partial charge is 0.335 e. The van der Waals surface area contributed by atoms with E-state index in [1.807, 2.05) is 0 Å². The van der Waals surface area contributed by atoms with Crippen LogP contribution in [0.2, 0.25) is 0 Å². The summed E-state index contributed by atoms with van der Waals surface area (Å²) >= 11 is 0. The van der Waals surface area contributed by atoms with Gasteiger partial charge >= 0.3 is 0 Å². The van der Waals surface area contributed by atoms with Crippen LogP contribution in [0.1, 0.15) is 150 Å². The molecule has 0 spiro atoms. The summed E-state index contributed by atoms with van der Waals surface area (Å²) in [6.07, 6.45) is 4.88. The Hall–Kier alpha value is -5.22. The van der Waals surface area contributed by atoms with Crippen LogP contribution in [-0.2, 0) is 27.1 Å². The van der Waals surface area contributed by atoms with Gasteiger partial charge in [-0.05, 0) is 140 Å². The highest BCUT2D eigenvalue weighted by atomic mass is 15.3. The summed E-state index contributed by atoms with van der Waals surface area (Å²) in [6, 6.07) is 48.1.